The highest BCUT2D eigenvalue weighted by Crippen LogP contribution is 2.22. The topological polar surface area (TPSA) is 104 Å². The lowest BCUT2D eigenvalue weighted by atomic mass is 10.0. The average Bonchev–Trinajstić information content (AvgIpc) is 2.65. The Morgan fingerprint density at radius 3 is 2.68 bits per heavy atom. The Hall–Kier alpha value is -3.16. The van der Waals surface area contributed by atoms with E-state index in [1.54, 1.807) is 18.2 Å². The van der Waals surface area contributed by atoms with E-state index in [0.717, 1.165) is 35.9 Å². The van der Waals surface area contributed by atoms with E-state index < -0.39 is 17.2 Å². The summed E-state index contributed by atoms with van der Waals surface area (Å²) < 4.78 is 1.11. The van der Waals surface area contributed by atoms with Crippen molar-refractivity contribution in [3.05, 3.63) is 62.4 Å². The van der Waals surface area contributed by atoms with Crippen LogP contribution in [0.15, 0.2) is 40.1 Å². The molecule has 1 aliphatic heterocycles. The Bertz CT molecular complexity index is 1010. The lowest BCUT2D eigenvalue weighted by Crippen LogP contribution is -2.42. The Labute approximate surface area is 162 Å². The maximum Gasteiger partial charge on any atom is 0.328 e. The molecule has 0 radical (unpaired) electrons. The minimum atomic E-state index is -0.643. The number of rotatable bonds is 4. The fourth-order valence-corrected chi connectivity index (χ4v) is 3.42. The summed E-state index contributed by atoms with van der Waals surface area (Å²) in [7, 11) is 0. The Balaban J connectivity index is 1.70. The van der Waals surface area contributed by atoms with Crippen LogP contribution < -0.4 is 16.6 Å². The molecule has 0 saturated carbocycles. The highest BCUT2D eigenvalue weighted by atomic mass is 16.2. The second-order valence-electron chi connectivity index (χ2n) is 7.16. The molecule has 3 rings (SSSR count). The maximum absolute atomic E-state index is 12.8. The molecule has 0 aliphatic carbocycles. The van der Waals surface area contributed by atoms with Crippen molar-refractivity contribution in [2.24, 2.45) is 0 Å². The molecule has 148 valence electrons. The summed E-state index contributed by atoms with van der Waals surface area (Å²) in [6.45, 7) is 4.43. The van der Waals surface area contributed by atoms with Crippen LogP contribution in [0.25, 0.3) is 0 Å². The molecule has 0 spiro atoms. The van der Waals surface area contributed by atoms with Gasteiger partial charge < -0.3 is 10.2 Å². The molecule has 1 aromatic heterocycles. The van der Waals surface area contributed by atoms with Gasteiger partial charge in [0.15, 0.2) is 0 Å². The molecule has 1 saturated heterocycles. The van der Waals surface area contributed by atoms with Gasteiger partial charge >= 0.3 is 5.69 Å². The van der Waals surface area contributed by atoms with Gasteiger partial charge in [-0.3, -0.25) is 23.9 Å². The fraction of sp³-hybridized carbons (Fsp3) is 0.400. The van der Waals surface area contributed by atoms with Gasteiger partial charge in [-0.15, -0.1) is 0 Å². The largest absolute Gasteiger partial charge is 0.336 e. The summed E-state index contributed by atoms with van der Waals surface area (Å²) in [5.74, 6) is -0.394. The molecular formula is C20H24N4O4. The average molecular weight is 384 g/mol. The van der Waals surface area contributed by atoms with Crippen molar-refractivity contribution < 1.29 is 9.59 Å². The number of aryl methyl sites for hydroxylation is 1. The number of nitrogens with zero attached hydrogens (tertiary/aromatic N) is 2. The maximum atomic E-state index is 12.8. The molecule has 0 bridgehead atoms. The zero-order valence-electron chi connectivity index (χ0n) is 16.0. The van der Waals surface area contributed by atoms with E-state index >= 15 is 0 Å². The molecule has 28 heavy (non-hydrogen) atoms. The molecular weight excluding hydrogens is 360 g/mol. The zero-order chi connectivity index (χ0) is 20.3. The Morgan fingerprint density at radius 1 is 1.21 bits per heavy atom. The van der Waals surface area contributed by atoms with Crippen LogP contribution in [0.1, 0.15) is 42.1 Å². The van der Waals surface area contributed by atoms with E-state index in [1.807, 2.05) is 11.8 Å². The molecule has 1 aromatic carbocycles. The van der Waals surface area contributed by atoms with Gasteiger partial charge in [0.25, 0.3) is 11.5 Å². The zero-order valence-corrected chi connectivity index (χ0v) is 16.0. The first-order chi connectivity index (χ1) is 13.3. The minimum Gasteiger partial charge on any atom is -0.336 e. The molecule has 8 nitrogen and oxygen atoms in total. The van der Waals surface area contributed by atoms with Crippen molar-refractivity contribution in [3.8, 4) is 0 Å². The summed E-state index contributed by atoms with van der Waals surface area (Å²) >= 11 is 0. The van der Waals surface area contributed by atoms with Gasteiger partial charge in [-0.25, -0.2) is 4.79 Å². The number of H-pyrrole nitrogens is 1. The standard InChI is InChI=1S/C20H24N4O4/c1-13-11-15(19(27)24-9-4-3-5-14(24)2)6-7-16(13)21-18(26)12-23-10-8-17(25)22-20(23)28/h6-8,10-11,14H,3-5,9,12H2,1-2H3,(H,21,26)(H,22,25,28). The quantitative estimate of drug-likeness (QED) is 0.833. The van der Waals surface area contributed by atoms with Crippen LogP contribution in [0, 0.1) is 6.92 Å². The van der Waals surface area contributed by atoms with Gasteiger partial charge in [0.1, 0.15) is 6.54 Å². The lowest BCUT2D eigenvalue weighted by molar-refractivity contribution is -0.116. The number of benzene rings is 1. The van der Waals surface area contributed by atoms with Gasteiger partial charge in [-0.05, 0) is 56.9 Å². The van der Waals surface area contributed by atoms with Crippen molar-refractivity contribution in [1.82, 2.24) is 14.5 Å². The van der Waals surface area contributed by atoms with E-state index in [0.29, 0.717) is 11.3 Å². The summed E-state index contributed by atoms with van der Waals surface area (Å²) in [6, 6.07) is 6.59. The van der Waals surface area contributed by atoms with Crippen LogP contribution in [0.2, 0.25) is 0 Å². The predicted octanol–water partition coefficient (Wildman–Crippen LogP) is 1.50. The minimum absolute atomic E-state index is 0.00738. The SMILES string of the molecule is Cc1cc(C(=O)N2CCCCC2C)ccc1NC(=O)Cn1ccc(=O)[nH]c1=O. The van der Waals surface area contributed by atoms with Crippen LogP contribution in [0.4, 0.5) is 5.69 Å². The van der Waals surface area contributed by atoms with Gasteiger partial charge in [-0.2, -0.15) is 0 Å². The van der Waals surface area contributed by atoms with Gasteiger partial charge in [0.2, 0.25) is 5.91 Å². The third-order valence-electron chi connectivity index (χ3n) is 5.02. The third kappa shape index (κ3) is 4.39. The smallest absolute Gasteiger partial charge is 0.328 e. The number of anilines is 1. The first-order valence-corrected chi connectivity index (χ1v) is 9.36. The summed E-state index contributed by atoms with van der Waals surface area (Å²) in [6.07, 6.45) is 4.46. The Morgan fingerprint density at radius 2 is 2.00 bits per heavy atom. The number of piperidine rings is 1. The highest BCUT2D eigenvalue weighted by molar-refractivity contribution is 5.96. The van der Waals surface area contributed by atoms with E-state index in [2.05, 4.69) is 17.2 Å². The van der Waals surface area contributed by atoms with Gasteiger partial charge in [0.05, 0.1) is 0 Å². The molecule has 1 aliphatic rings. The highest BCUT2D eigenvalue weighted by Gasteiger charge is 2.24. The predicted molar refractivity (Wildman–Crippen MR) is 105 cm³/mol. The van der Waals surface area contributed by atoms with Crippen molar-refractivity contribution >= 4 is 17.5 Å². The van der Waals surface area contributed by atoms with Crippen molar-refractivity contribution in [2.75, 3.05) is 11.9 Å². The molecule has 1 unspecified atom stereocenters. The molecule has 1 atom stereocenters. The molecule has 1 fully saturated rings. The molecule has 2 amide bonds. The monoisotopic (exact) mass is 384 g/mol. The molecule has 2 aromatic rings. The number of hydrogen-bond donors (Lipinski definition) is 2. The van der Waals surface area contributed by atoms with Crippen molar-refractivity contribution in [3.63, 3.8) is 0 Å². The number of nitrogens with one attached hydrogen (secondary N) is 2. The summed E-state index contributed by atoms with van der Waals surface area (Å²) in [4.78, 5) is 51.8. The van der Waals surface area contributed by atoms with E-state index in [-0.39, 0.29) is 18.5 Å². The normalized spacial score (nSPS) is 16.6. The number of carbonyl (C=O) groups excluding carboxylic acids is 2. The number of amides is 2. The lowest BCUT2D eigenvalue weighted by Gasteiger charge is -2.33. The van der Waals surface area contributed by atoms with Crippen LogP contribution in [0.3, 0.4) is 0 Å². The number of aromatic nitrogens is 2. The summed E-state index contributed by atoms with van der Waals surface area (Å²) in [5, 5.41) is 2.74. The van der Waals surface area contributed by atoms with E-state index in [1.165, 1.54) is 12.3 Å². The first kappa shape index (κ1) is 19.6. The van der Waals surface area contributed by atoms with Gasteiger partial charge in [-0.1, -0.05) is 0 Å². The number of hydrogen-bond acceptors (Lipinski definition) is 4. The molecule has 2 heterocycles. The molecule has 2 N–H and O–H groups in total. The van der Waals surface area contributed by atoms with E-state index in [4.69, 9.17) is 0 Å². The van der Waals surface area contributed by atoms with E-state index in [9.17, 15) is 19.2 Å². The van der Waals surface area contributed by atoms with Crippen molar-refractivity contribution in [2.45, 2.75) is 45.7 Å². The van der Waals surface area contributed by atoms with Crippen molar-refractivity contribution in [1.29, 1.82) is 0 Å². The van der Waals surface area contributed by atoms with Crippen LogP contribution in [-0.2, 0) is 11.3 Å². The first-order valence-electron chi connectivity index (χ1n) is 9.36. The molecule has 8 heteroatoms. The second kappa shape index (κ2) is 8.24. The van der Waals surface area contributed by atoms with Crippen LogP contribution in [0.5, 0.6) is 0 Å². The second-order valence-corrected chi connectivity index (χ2v) is 7.16. The van der Waals surface area contributed by atoms with Crippen LogP contribution in [-0.4, -0.2) is 38.9 Å². The van der Waals surface area contributed by atoms with Crippen LogP contribution >= 0.6 is 0 Å². The number of likely N-dealkylation sites (tertiary alicyclic amines) is 1. The number of carbonyl (C=O) groups is 2. The summed E-state index contributed by atoms with van der Waals surface area (Å²) in [5.41, 5.74) is 0.779. The number of aromatic amines is 1. The third-order valence-corrected chi connectivity index (χ3v) is 5.02. The fourth-order valence-electron chi connectivity index (χ4n) is 3.42. The van der Waals surface area contributed by atoms with Gasteiger partial charge in [0, 0.05) is 36.1 Å². The Kier molecular flexibility index (Phi) is 5.77.